The molecule has 0 amide bonds. The molecule has 142 valence electrons. The van der Waals surface area contributed by atoms with Gasteiger partial charge in [0.05, 0.1) is 5.69 Å². The average Bonchev–Trinajstić information content (AvgIpc) is 3.10. The fraction of sp³-hybridized carbons (Fsp3) is 0.550. The van der Waals surface area contributed by atoms with Crippen molar-refractivity contribution in [2.24, 2.45) is 0 Å². The molecule has 6 heteroatoms. The van der Waals surface area contributed by atoms with Crippen molar-refractivity contribution in [2.45, 2.75) is 26.5 Å². The van der Waals surface area contributed by atoms with E-state index < -0.39 is 0 Å². The van der Waals surface area contributed by atoms with Gasteiger partial charge in [0, 0.05) is 38.1 Å². The molecule has 0 spiro atoms. The Hall–Kier alpha value is -1.47. The van der Waals surface area contributed by atoms with E-state index in [0.717, 1.165) is 29.5 Å². The van der Waals surface area contributed by atoms with Crippen molar-refractivity contribution in [2.75, 3.05) is 46.3 Å². The second-order valence-electron chi connectivity index (χ2n) is 7.01. The number of likely N-dealkylation sites (N-methyl/N-ethyl adjacent to an activating group) is 1. The summed E-state index contributed by atoms with van der Waals surface area (Å²) in [6.45, 7) is 10.5. The molecule has 0 aliphatic carbocycles. The smallest absolute Gasteiger partial charge is 0.140 e. The second kappa shape index (κ2) is 10.0. The van der Waals surface area contributed by atoms with Crippen molar-refractivity contribution < 1.29 is 4.74 Å². The van der Waals surface area contributed by atoms with E-state index in [0.29, 0.717) is 6.61 Å². The van der Waals surface area contributed by atoms with Gasteiger partial charge < -0.3 is 19.9 Å². The maximum absolute atomic E-state index is 5.80. The van der Waals surface area contributed by atoms with Gasteiger partial charge in [-0.1, -0.05) is 17.7 Å². The number of piperazine rings is 1. The molecule has 1 saturated heterocycles. The van der Waals surface area contributed by atoms with Gasteiger partial charge in [-0.3, -0.25) is 0 Å². The van der Waals surface area contributed by atoms with Crippen LogP contribution in [0.1, 0.15) is 22.7 Å². The second-order valence-corrected chi connectivity index (χ2v) is 7.95. The number of thiazole rings is 1. The number of benzene rings is 1. The van der Waals surface area contributed by atoms with Crippen LogP contribution in [0.15, 0.2) is 29.6 Å². The molecule has 1 aromatic heterocycles. The first-order valence-electron chi connectivity index (χ1n) is 9.43. The molecule has 2 aromatic rings. The number of ether oxygens (including phenoxy) is 1. The van der Waals surface area contributed by atoms with Gasteiger partial charge in [-0.15, -0.1) is 11.3 Å². The highest BCUT2D eigenvalue weighted by Gasteiger charge is 2.12. The molecule has 0 atom stereocenters. The normalized spacial score (nSPS) is 16.1. The van der Waals surface area contributed by atoms with Crippen LogP contribution >= 0.6 is 11.3 Å². The van der Waals surface area contributed by atoms with E-state index in [-0.39, 0.29) is 0 Å². The van der Waals surface area contributed by atoms with Crippen LogP contribution in [0.25, 0.3) is 0 Å². The van der Waals surface area contributed by atoms with E-state index in [2.05, 4.69) is 51.6 Å². The predicted molar refractivity (Wildman–Crippen MR) is 108 cm³/mol. The highest BCUT2D eigenvalue weighted by Crippen LogP contribution is 2.16. The molecular formula is C20H30N4OS. The van der Waals surface area contributed by atoms with Crippen LogP contribution in [0, 0.1) is 6.92 Å². The lowest BCUT2D eigenvalue weighted by Crippen LogP contribution is -2.45. The zero-order chi connectivity index (χ0) is 18.2. The van der Waals surface area contributed by atoms with Crippen molar-refractivity contribution >= 4 is 11.3 Å². The Morgan fingerprint density at radius 2 is 1.92 bits per heavy atom. The summed E-state index contributed by atoms with van der Waals surface area (Å²) in [7, 11) is 2.20. The van der Waals surface area contributed by atoms with Gasteiger partial charge in [0.2, 0.25) is 0 Å². The highest BCUT2D eigenvalue weighted by atomic mass is 32.1. The summed E-state index contributed by atoms with van der Waals surface area (Å²) in [6.07, 6.45) is 1.19. The van der Waals surface area contributed by atoms with E-state index >= 15 is 0 Å². The number of aromatic nitrogens is 1. The minimum absolute atomic E-state index is 0.539. The van der Waals surface area contributed by atoms with Gasteiger partial charge in [0.15, 0.2) is 0 Å². The third-order valence-electron chi connectivity index (χ3n) is 4.71. The van der Waals surface area contributed by atoms with Crippen LogP contribution in [0.5, 0.6) is 5.75 Å². The largest absolute Gasteiger partial charge is 0.486 e. The molecule has 1 aliphatic heterocycles. The molecule has 1 aliphatic rings. The fourth-order valence-electron chi connectivity index (χ4n) is 2.99. The molecule has 0 bridgehead atoms. The summed E-state index contributed by atoms with van der Waals surface area (Å²) in [5, 5.41) is 6.66. The van der Waals surface area contributed by atoms with Crippen LogP contribution < -0.4 is 10.1 Å². The van der Waals surface area contributed by atoms with Gasteiger partial charge in [0.25, 0.3) is 0 Å². The van der Waals surface area contributed by atoms with Gasteiger partial charge in [-0.25, -0.2) is 4.98 Å². The minimum Gasteiger partial charge on any atom is -0.486 e. The van der Waals surface area contributed by atoms with Crippen LogP contribution in [-0.4, -0.2) is 61.1 Å². The Bertz CT molecular complexity index is 650. The van der Waals surface area contributed by atoms with E-state index in [1.54, 1.807) is 11.3 Å². The number of hydrogen-bond acceptors (Lipinski definition) is 6. The molecule has 1 fully saturated rings. The van der Waals surface area contributed by atoms with Gasteiger partial charge in [0.1, 0.15) is 17.4 Å². The summed E-state index contributed by atoms with van der Waals surface area (Å²) in [5.74, 6) is 0.898. The lowest BCUT2D eigenvalue weighted by Gasteiger charge is -2.32. The third-order valence-corrected chi connectivity index (χ3v) is 5.58. The van der Waals surface area contributed by atoms with E-state index in [4.69, 9.17) is 4.74 Å². The first-order chi connectivity index (χ1) is 12.7. The van der Waals surface area contributed by atoms with Crippen LogP contribution in [0.4, 0.5) is 0 Å². The first-order valence-corrected chi connectivity index (χ1v) is 10.3. The van der Waals surface area contributed by atoms with E-state index in [9.17, 15) is 0 Å². The van der Waals surface area contributed by atoms with Crippen molar-refractivity contribution in [3.05, 3.63) is 45.9 Å². The number of nitrogens with one attached hydrogen (secondary N) is 1. The molecule has 0 radical (unpaired) electrons. The fourth-order valence-corrected chi connectivity index (χ4v) is 3.70. The van der Waals surface area contributed by atoms with E-state index in [1.165, 1.54) is 44.7 Å². The monoisotopic (exact) mass is 374 g/mol. The lowest BCUT2D eigenvalue weighted by molar-refractivity contribution is 0.152. The summed E-state index contributed by atoms with van der Waals surface area (Å²) in [6, 6.07) is 8.14. The Balaban J connectivity index is 1.29. The molecule has 0 saturated carbocycles. The summed E-state index contributed by atoms with van der Waals surface area (Å²) < 4.78 is 5.80. The summed E-state index contributed by atoms with van der Waals surface area (Å²) >= 11 is 1.67. The number of rotatable bonds is 9. The quantitative estimate of drug-likeness (QED) is 0.684. The van der Waals surface area contributed by atoms with Gasteiger partial charge in [-0.05, 0) is 45.6 Å². The lowest BCUT2D eigenvalue weighted by atomic mass is 10.2. The topological polar surface area (TPSA) is 40.6 Å². The molecule has 26 heavy (non-hydrogen) atoms. The number of aryl methyl sites for hydroxylation is 1. The SMILES string of the molecule is Cc1ccc(OCc2nc(CNCCCN3CCN(C)CC3)cs2)cc1. The molecule has 5 nitrogen and oxygen atoms in total. The zero-order valence-corrected chi connectivity index (χ0v) is 16.7. The standard InChI is InChI=1S/C20H30N4OS/c1-17-4-6-19(7-5-17)25-15-20-22-18(16-26-20)14-21-8-3-9-24-12-10-23(2)11-13-24/h4-7,16,21H,3,8-15H2,1-2H3. The summed E-state index contributed by atoms with van der Waals surface area (Å²) in [5.41, 5.74) is 2.35. The van der Waals surface area contributed by atoms with Crippen molar-refractivity contribution in [1.82, 2.24) is 20.1 Å². The van der Waals surface area contributed by atoms with Crippen molar-refractivity contribution in [1.29, 1.82) is 0 Å². The zero-order valence-electron chi connectivity index (χ0n) is 15.9. The molecule has 1 aromatic carbocycles. The Kier molecular flexibility index (Phi) is 7.43. The Morgan fingerprint density at radius 3 is 2.69 bits per heavy atom. The average molecular weight is 375 g/mol. The molecule has 1 N–H and O–H groups in total. The maximum Gasteiger partial charge on any atom is 0.140 e. The van der Waals surface area contributed by atoms with Gasteiger partial charge >= 0.3 is 0 Å². The third kappa shape index (κ3) is 6.36. The molecular weight excluding hydrogens is 344 g/mol. The van der Waals surface area contributed by atoms with Crippen molar-refractivity contribution in [3.63, 3.8) is 0 Å². The molecule has 3 rings (SSSR count). The van der Waals surface area contributed by atoms with Crippen LogP contribution in [0.3, 0.4) is 0 Å². The molecule has 2 heterocycles. The Morgan fingerprint density at radius 1 is 1.15 bits per heavy atom. The van der Waals surface area contributed by atoms with E-state index in [1.807, 2.05) is 12.1 Å². The summed E-state index contributed by atoms with van der Waals surface area (Å²) in [4.78, 5) is 9.61. The minimum atomic E-state index is 0.539. The number of nitrogens with zero attached hydrogens (tertiary/aromatic N) is 3. The first kappa shape index (κ1) is 19.3. The van der Waals surface area contributed by atoms with Crippen molar-refractivity contribution in [3.8, 4) is 5.75 Å². The Labute approximate surface area is 161 Å². The van der Waals surface area contributed by atoms with Crippen LogP contribution in [-0.2, 0) is 13.2 Å². The van der Waals surface area contributed by atoms with Gasteiger partial charge in [-0.2, -0.15) is 0 Å². The molecule has 0 unspecified atom stereocenters. The number of hydrogen-bond donors (Lipinski definition) is 1. The predicted octanol–water partition coefficient (Wildman–Crippen LogP) is 2.76. The highest BCUT2D eigenvalue weighted by molar-refractivity contribution is 7.09. The maximum atomic E-state index is 5.80. The van der Waals surface area contributed by atoms with Crippen LogP contribution in [0.2, 0.25) is 0 Å².